The molecule has 2 heterocycles. The van der Waals surface area contributed by atoms with E-state index in [9.17, 15) is 4.79 Å². The summed E-state index contributed by atoms with van der Waals surface area (Å²) in [6.45, 7) is 2.65. The summed E-state index contributed by atoms with van der Waals surface area (Å²) in [4.78, 5) is 17.9. The van der Waals surface area contributed by atoms with Crippen molar-refractivity contribution in [3.05, 3.63) is 66.1 Å². The van der Waals surface area contributed by atoms with Gasteiger partial charge < -0.3 is 9.72 Å². The van der Waals surface area contributed by atoms with Gasteiger partial charge in [-0.3, -0.25) is 4.79 Å². The Morgan fingerprint density at radius 3 is 2.79 bits per heavy atom. The molecule has 0 saturated heterocycles. The van der Waals surface area contributed by atoms with Crippen LogP contribution in [-0.4, -0.2) is 27.6 Å². The van der Waals surface area contributed by atoms with Crippen molar-refractivity contribution in [2.24, 2.45) is 0 Å². The number of carbonyl (C=O) groups excluding carboxylic acids is 1. The number of fused-ring (bicyclic) bond motifs is 1. The van der Waals surface area contributed by atoms with Crippen molar-refractivity contribution in [1.29, 1.82) is 0 Å². The summed E-state index contributed by atoms with van der Waals surface area (Å²) in [6, 6.07) is 16.2. The quantitative estimate of drug-likeness (QED) is 0.529. The lowest BCUT2D eigenvalue weighted by molar-refractivity contribution is -0.120. The van der Waals surface area contributed by atoms with E-state index in [-0.39, 0.29) is 5.91 Å². The zero-order valence-corrected chi connectivity index (χ0v) is 14.6. The lowest BCUT2D eigenvalue weighted by Crippen LogP contribution is -2.27. The molecule has 0 bridgehead atoms. The highest BCUT2D eigenvalue weighted by Crippen LogP contribution is 2.17. The monoisotopic (exact) mass is 339 g/mol. The third-order valence-corrected chi connectivity index (χ3v) is 4.91. The maximum absolute atomic E-state index is 12.2. The third kappa shape index (κ3) is 4.17. The van der Waals surface area contributed by atoms with E-state index in [4.69, 9.17) is 0 Å². The largest absolute Gasteiger partial charge is 0.356 e. The fourth-order valence-corrected chi connectivity index (χ4v) is 3.47. The zero-order valence-electron chi connectivity index (χ0n) is 13.7. The Labute approximate surface area is 146 Å². The SMILES string of the molecule is Cc1nc2ccccn2c1CC(=O)NCCCSc1ccccc1. The minimum Gasteiger partial charge on any atom is -0.356 e. The van der Waals surface area contributed by atoms with Crippen LogP contribution >= 0.6 is 11.8 Å². The van der Waals surface area contributed by atoms with E-state index in [0.29, 0.717) is 13.0 Å². The maximum atomic E-state index is 12.2. The van der Waals surface area contributed by atoms with Gasteiger partial charge in [0.15, 0.2) is 0 Å². The number of imidazole rings is 1. The van der Waals surface area contributed by atoms with Crippen LogP contribution in [0.5, 0.6) is 0 Å². The summed E-state index contributed by atoms with van der Waals surface area (Å²) >= 11 is 1.82. The van der Waals surface area contributed by atoms with Crippen LogP contribution in [0.1, 0.15) is 17.8 Å². The highest BCUT2D eigenvalue weighted by Gasteiger charge is 2.12. The Bertz CT molecular complexity index is 814. The number of rotatable bonds is 7. The standard InChI is InChI=1S/C19H21N3OS/c1-15-17(22-12-6-5-10-18(22)21-15)14-19(23)20-11-7-13-24-16-8-3-2-4-9-16/h2-6,8-10,12H,7,11,13-14H2,1H3,(H,20,23). The molecule has 3 aromatic rings. The Kier molecular flexibility index (Phi) is 5.54. The van der Waals surface area contributed by atoms with Crippen LogP contribution in [0.3, 0.4) is 0 Å². The predicted molar refractivity (Wildman–Crippen MR) is 98.4 cm³/mol. The summed E-state index contributed by atoms with van der Waals surface area (Å²) in [7, 11) is 0. The average molecular weight is 339 g/mol. The molecule has 0 saturated carbocycles. The van der Waals surface area contributed by atoms with Crippen LogP contribution in [0, 0.1) is 6.92 Å². The second-order valence-electron chi connectivity index (χ2n) is 5.61. The lowest BCUT2D eigenvalue weighted by Gasteiger charge is -2.06. The third-order valence-electron chi connectivity index (χ3n) is 3.81. The van der Waals surface area contributed by atoms with Crippen LogP contribution in [0.2, 0.25) is 0 Å². The van der Waals surface area contributed by atoms with Crippen molar-refractivity contribution < 1.29 is 4.79 Å². The fraction of sp³-hybridized carbons (Fsp3) is 0.263. The van der Waals surface area contributed by atoms with Gasteiger partial charge >= 0.3 is 0 Å². The number of thioether (sulfide) groups is 1. The van der Waals surface area contributed by atoms with Gasteiger partial charge in [0.1, 0.15) is 5.65 Å². The first-order valence-electron chi connectivity index (χ1n) is 8.11. The van der Waals surface area contributed by atoms with Crippen molar-refractivity contribution >= 4 is 23.3 Å². The first-order chi connectivity index (χ1) is 11.7. The number of pyridine rings is 1. The number of hydrogen-bond donors (Lipinski definition) is 1. The molecule has 5 heteroatoms. The topological polar surface area (TPSA) is 46.4 Å². The average Bonchev–Trinajstić information content (AvgIpc) is 2.91. The number of nitrogens with zero attached hydrogens (tertiary/aromatic N) is 2. The number of amides is 1. The summed E-state index contributed by atoms with van der Waals surface area (Å²) in [6.07, 6.45) is 3.27. The van der Waals surface area contributed by atoms with E-state index < -0.39 is 0 Å². The van der Waals surface area contributed by atoms with Crippen LogP contribution < -0.4 is 5.32 Å². The highest BCUT2D eigenvalue weighted by atomic mass is 32.2. The second kappa shape index (κ2) is 8.02. The van der Waals surface area contributed by atoms with Gasteiger partial charge in [0.25, 0.3) is 0 Å². The second-order valence-corrected chi connectivity index (χ2v) is 6.78. The molecule has 1 amide bonds. The zero-order chi connectivity index (χ0) is 16.8. The molecule has 1 aromatic carbocycles. The molecule has 0 unspecified atom stereocenters. The molecule has 0 aliphatic rings. The number of benzene rings is 1. The molecule has 0 spiro atoms. The molecular weight excluding hydrogens is 318 g/mol. The summed E-state index contributed by atoms with van der Waals surface area (Å²) in [5.74, 6) is 1.05. The van der Waals surface area contributed by atoms with Gasteiger partial charge in [-0.2, -0.15) is 0 Å². The molecule has 24 heavy (non-hydrogen) atoms. The van der Waals surface area contributed by atoms with Gasteiger partial charge in [0, 0.05) is 17.6 Å². The van der Waals surface area contributed by atoms with E-state index in [1.54, 1.807) is 0 Å². The van der Waals surface area contributed by atoms with Crippen molar-refractivity contribution in [3.8, 4) is 0 Å². The molecule has 4 nitrogen and oxygen atoms in total. The van der Waals surface area contributed by atoms with Crippen LogP contribution in [0.15, 0.2) is 59.6 Å². The van der Waals surface area contributed by atoms with E-state index in [1.807, 2.05) is 65.7 Å². The minimum absolute atomic E-state index is 0.0495. The van der Waals surface area contributed by atoms with Gasteiger partial charge in [-0.05, 0) is 43.4 Å². The van der Waals surface area contributed by atoms with Crippen molar-refractivity contribution in [2.45, 2.75) is 24.7 Å². The van der Waals surface area contributed by atoms with Crippen molar-refractivity contribution in [3.63, 3.8) is 0 Å². The molecule has 0 fully saturated rings. The maximum Gasteiger partial charge on any atom is 0.226 e. The lowest BCUT2D eigenvalue weighted by atomic mass is 10.2. The predicted octanol–water partition coefficient (Wildman–Crippen LogP) is 3.48. The van der Waals surface area contributed by atoms with Gasteiger partial charge in [-0.1, -0.05) is 24.3 Å². The van der Waals surface area contributed by atoms with E-state index >= 15 is 0 Å². The van der Waals surface area contributed by atoms with Crippen molar-refractivity contribution in [1.82, 2.24) is 14.7 Å². The highest BCUT2D eigenvalue weighted by molar-refractivity contribution is 7.99. The van der Waals surface area contributed by atoms with Gasteiger partial charge in [0.2, 0.25) is 5.91 Å². The summed E-state index contributed by atoms with van der Waals surface area (Å²) in [5.41, 5.74) is 2.76. The Morgan fingerprint density at radius 2 is 1.96 bits per heavy atom. The van der Waals surface area contributed by atoms with E-state index in [0.717, 1.165) is 29.2 Å². The fourth-order valence-electron chi connectivity index (χ4n) is 2.60. The van der Waals surface area contributed by atoms with Gasteiger partial charge in [-0.15, -0.1) is 11.8 Å². The van der Waals surface area contributed by atoms with E-state index in [1.165, 1.54) is 4.90 Å². The summed E-state index contributed by atoms with van der Waals surface area (Å²) < 4.78 is 1.99. The number of aromatic nitrogens is 2. The van der Waals surface area contributed by atoms with Crippen LogP contribution in [0.25, 0.3) is 5.65 Å². The molecule has 3 rings (SSSR count). The smallest absolute Gasteiger partial charge is 0.226 e. The normalized spacial score (nSPS) is 10.9. The Morgan fingerprint density at radius 1 is 1.17 bits per heavy atom. The Hall–Kier alpha value is -2.27. The molecule has 0 aliphatic heterocycles. The van der Waals surface area contributed by atoms with Crippen LogP contribution in [-0.2, 0) is 11.2 Å². The van der Waals surface area contributed by atoms with Crippen molar-refractivity contribution in [2.75, 3.05) is 12.3 Å². The molecule has 2 aromatic heterocycles. The Balaban J connectivity index is 1.45. The molecule has 0 atom stereocenters. The first kappa shape index (κ1) is 16.6. The number of hydrogen-bond acceptors (Lipinski definition) is 3. The molecular formula is C19H21N3OS. The minimum atomic E-state index is 0.0495. The molecule has 1 N–H and O–H groups in total. The van der Waals surface area contributed by atoms with Gasteiger partial charge in [0.05, 0.1) is 17.8 Å². The number of nitrogens with one attached hydrogen (secondary N) is 1. The molecule has 124 valence electrons. The van der Waals surface area contributed by atoms with E-state index in [2.05, 4.69) is 22.4 Å². The molecule has 0 aliphatic carbocycles. The first-order valence-corrected chi connectivity index (χ1v) is 9.10. The number of aryl methyl sites for hydroxylation is 1. The van der Waals surface area contributed by atoms with Gasteiger partial charge in [-0.25, -0.2) is 4.98 Å². The summed E-state index contributed by atoms with van der Waals surface area (Å²) in [5, 5.41) is 3.01. The number of carbonyl (C=O) groups is 1. The van der Waals surface area contributed by atoms with Crippen LogP contribution in [0.4, 0.5) is 0 Å². The molecule has 0 radical (unpaired) electrons.